The van der Waals surface area contributed by atoms with E-state index in [1.807, 2.05) is 22.8 Å². The topological polar surface area (TPSA) is 56.9 Å². The van der Waals surface area contributed by atoms with E-state index in [1.54, 1.807) is 29.5 Å². The van der Waals surface area contributed by atoms with Crippen LogP contribution in [0, 0.1) is 5.82 Å². The molecule has 4 aromatic rings. The zero-order valence-electron chi connectivity index (χ0n) is 16.4. The second-order valence-corrected chi connectivity index (χ2v) is 8.43. The van der Waals surface area contributed by atoms with Crippen LogP contribution in [-0.4, -0.2) is 57.3 Å². The number of imidazole rings is 1. The van der Waals surface area contributed by atoms with Gasteiger partial charge in [-0.25, -0.2) is 13.9 Å². The molecule has 0 atom stereocenters. The molecule has 0 saturated carbocycles. The van der Waals surface area contributed by atoms with Gasteiger partial charge in [-0.2, -0.15) is 0 Å². The molecule has 0 unspecified atom stereocenters. The van der Waals surface area contributed by atoms with Gasteiger partial charge in [-0.05, 0) is 48.4 Å². The Morgan fingerprint density at radius 2 is 1.83 bits per heavy atom. The van der Waals surface area contributed by atoms with E-state index in [0.717, 1.165) is 66.1 Å². The molecule has 0 radical (unpaired) electrons. The van der Waals surface area contributed by atoms with Crippen molar-refractivity contribution in [3.63, 3.8) is 0 Å². The van der Waals surface area contributed by atoms with E-state index < -0.39 is 0 Å². The van der Waals surface area contributed by atoms with Gasteiger partial charge in [0.15, 0.2) is 0 Å². The van der Waals surface area contributed by atoms with Crippen molar-refractivity contribution in [2.75, 3.05) is 37.6 Å². The molecule has 8 heteroatoms. The van der Waals surface area contributed by atoms with Gasteiger partial charge in [0.25, 0.3) is 0 Å². The highest BCUT2D eigenvalue weighted by atomic mass is 32.1. The van der Waals surface area contributed by atoms with E-state index in [-0.39, 0.29) is 5.82 Å². The van der Waals surface area contributed by atoms with Crippen LogP contribution in [0.1, 0.15) is 5.56 Å². The van der Waals surface area contributed by atoms with Crippen LogP contribution in [0.3, 0.4) is 0 Å². The molecule has 2 aromatic carbocycles. The van der Waals surface area contributed by atoms with Crippen LogP contribution < -0.4 is 4.90 Å². The molecule has 0 bridgehead atoms. The van der Waals surface area contributed by atoms with Gasteiger partial charge < -0.3 is 10.0 Å². The van der Waals surface area contributed by atoms with Crippen LogP contribution in [0.4, 0.5) is 9.52 Å². The van der Waals surface area contributed by atoms with Crippen LogP contribution >= 0.6 is 11.3 Å². The summed E-state index contributed by atoms with van der Waals surface area (Å²) in [4.78, 5) is 10.3. The molecule has 1 aliphatic rings. The van der Waals surface area contributed by atoms with Gasteiger partial charge in [0.1, 0.15) is 11.6 Å². The number of phenols is 1. The fraction of sp³-hybridized carbons (Fsp3) is 0.273. The minimum Gasteiger partial charge on any atom is -0.508 e. The lowest BCUT2D eigenvalue weighted by molar-refractivity contribution is 0.260. The van der Waals surface area contributed by atoms with Gasteiger partial charge in [0.2, 0.25) is 10.1 Å². The SMILES string of the molecule is Oc1cccc(CCN2CCN(c3nn4cc(-c5ccc(F)cc5)nc4s3)CC2)c1. The third-order valence-corrected chi connectivity index (χ3v) is 6.43. The summed E-state index contributed by atoms with van der Waals surface area (Å²) in [5.41, 5.74) is 2.85. The van der Waals surface area contributed by atoms with Crippen molar-refractivity contribution < 1.29 is 9.50 Å². The maximum absolute atomic E-state index is 13.1. The smallest absolute Gasteiger partial charge is 0.214 e. The van der Waals surface area contributed by atoms with E-state index in [1.165, 1.54) is 12.1 Å². The zero-order valence-corrected chi connectivity index (χ0v) is 17.2. The number of phenolic OH excluding ortho intramolecular Hbond substituents is 1. The number of anilines is 1. The number of rotatable bonds is 5. The van der Waals surface area contributed by atoms with Gasteiger partial charge in [-0.1, -0.05) is 23.5 Å². The maximum Gasteiger partial charge on any atom is 0.214 e. The van der Waals surface area contributed by atoms with Crippen molar-refractivity contribution in [2.45, 2.75) is 6.42 Å². The number of fused-ring (bicyclic) bond motifs is 1. The summed E-state index contributed by atoms with van der Waals surface area (Å²) in [6.45, 7) is 4.83. The number of benzene rings is 2. The Morgan fingerprint density at radius 3 is 2.57 bits per heavy atom. The first kappa shape index (κ1) is 19.0. The van der Waals surface area contributed by atoms with Crippen molar-refractivity contribution in [3.8, 4) is 17.0 Å². The summed E-state index contributed by atoms with van der Waals surface area (Å²) in [5.74, 6) is 0.0786. The average Bonchev–Trinajstić information content (AvgIpc) is 3.33. The minimum absolute atomic E-state index is 0.249. The van der Waals surface area contributed by atoms with E-state index >= 15 is 0 Å². The summed E-state index contributed by atoms with van der Waals surface area (Å²) in [5, 5.41) is 15.3. The largest absolute Gasteiger partial charge is 0.508 e. The van der Waals surface area contributed by atoms with Gasteiger partial charge in [-0.3, -0.25) is 4.90 Å². The highest BCUT2D eigenvalue weighted by Gasteiger charge is 2.21. The number of hydrogen-bond acceptors (Lipinski definition) is 6. The molecule has 1 aliphatic heterocycles. The highest BCUT2D eigenvalue weighted by Crippen LogP contribution is 2.27. The Hall–Kier alpha value is -2.97. The molecule has 1 saturated heterocycles. The first-order valence-corrected chi connectivity index (χ1v) is 10.8. The fourth-order valence-electron chi connectivity index (χ4n) is 3.74. The standard InChI is InChI=1S/C22H22FN5OS/c23-18-6-4-17(5-7-18)20-15-28-21(24-20)30-22(25-28)27-12-10-26(11-13-27)9-8-16-2-1-3-19(29)14-16/h1-7,14-15,29H,8-13H2. The van der Waals surface area contributed by atoms with Gasteiger partial charge in [0.05, 0.1) is 11.9 Å². The molecule has 3 heterocycles. The average molecular weight is 424 g/mol. The number of nitrogens with zero attached hydrogens (tertiary/aromatic N) is 5. The summed E-state index contributed by atoms with van der Waals surface area (Å²) in [6.07, 6.45) is 2.83. The van der Waals surface area contributed by atoms with Crippen LogP contribution in [0.2, 0.25) is 0 Å². The second-order valence-electron chi connectivity index (χ2n) is 7.49. The van der Waals surface area contributed by atoms with Crippen LogP contribution in [-0.2, 0) is 6.42 Å². The Kier molecular flexibility index (Phi) is 5.10. The molecular formula is C22H22FN5OS. The van der Waals surface area contributed by atoms with Gasteiger partial charge >= 0.3 is 0 Å². The molecule has 0 amide bonds. The summed E-state index contributed by atoms with van der Waals surface area (Å²) in [7, 11) is 0. The van der Waals surface area contributed by atoms with E-state index in [4.69, 9.17) is 5.10 Å². The Labute approximate surface area is 177 Å². The number of piperazine rings is 1. The highest BCUT2D eigenvalue weighted by molar-refractivity contribution is 7.20. The number of aromatic hydroxyl groups is 1. The van der Waals surface area contributed by atoms with Crippen molar-refractivity contribution in [2.24, 2.45) is 0 Å². The molecule has 0 aliphatic carbocycles. The van der Waals surface area contributed by atoms with Crippen molar-refractivity contribution in [1.29, 1.82) is 0 Å². The summed E-state index contributed by atoms with van der Waals surface area (Å²) >= 11 is 1.58. The number of halogens is 1. The fourth-order valence-corrected chi connectivity index (χ4v) is 4.67. The monoisotopic (exact) mass is 423 g/mol. The van der Waals surface area contributed by atoms with E-state index in [9.17, 15) is 9.50 Å². The first-order valence-electron chi connectivity index (χ1n) is 10.0. The molecule has 1 N–H and O–H groups in total. The lowest BCUT2D eigenvalue weighted by Gasteiger charge is -2.34. The number of hydrogen-bond donors (Lipinski definition) is 1. The summed E-state index contributed by atoms with van der Waals surface area (Å²) in [6, 6.07) is 13.8. The minimum atomic E-state index is -0.249. The van der Waals surface area contributed by atoms with Crippen LogP contribution in [0.15, 0.2) is 54.7 Å². The lowest BCUT2D eigenvalue weighted by atomic mass is 10.1. The Morgan fingerprint density at radius 1 is 1.03 bits per heavy atom. The van der Waals surface area contributed by atoms with Crippen LogP contribution in [0.5, 0.6) is 5.75 Å². The van der Waals surface area contributed by atoms with Crippen molar-refractivity contribution in [3.05, 3.63) is 66.1 Å². The Balaban J connectivity index is 1.19. The molecule has 2 aromatic heterocycles. The van der Waals surface area contributed by atoms with Gasteiger partial charge in [-0.15, -0.1) is 5.10 Å². The molecule has 154 valence electrons. The third-order valence-electron chi connectivity index (χ3n) is 5.44. The van der Waals surface area contributed by atoms with Crippen molar-refractivity contribution >= 4 is 21.4 Å². The second kappa shape index (κ2) is 8.04. The molecule has 1 fully saturated rings. The van der Waals surface area contributed by atoms with E-state index in [2.05, 4.69) is 20.9 Å². The zero-order chi connectivity index (χ0) is 20.5. The first-order chi connectivity index (χ1) is 14.6. The molecule has 6 nitrogen and oxygen atoms in total. The molecule has 30 heavy (non-hydrogen) atoms. The Bertz CT molecular complexity index is 1120. The summed E-state index contributed by atoms with van der Waals surface area (Å²) < 4.78 is 14.9. The van der Waals surface area contributed by atoms with E-state index in [0.29, 0.717) is 5.75 Å². The van der Waals surface area contributed by atoms with Crippen molar-refractivity contribution in [1.82, 2.24) is 19.5 Å². The third kappa shape index (κ3) is 4.01. The quantitative estimate of drug-likeness (QED) is 0.531. The predicted molar refractivity (Wildman–Crippen MR) is 117 cm³/mol. The predicted octanol–water partition coefficient (Wildman–Crippen LogP) is 3.67. The van der Waals surface area contributed by atoms with Crippen LogP contribution in [0.25, 0.3) is 16.2 Å². The lowest BCUT2D eigenvalue weighted by Crippen LogP contribution is -2.47. The number of aromatic nitrogens is 3. The molecule has 0 spiro atoms. The van der Waals surface area contributed by atoms with Gasteiger partial charge in [0, 0.05) is 38.3 Å². The molecule has 5 rings (SSSR count). The molecular weight excluding hydrogens is 401 g/mol. The normalized spacial score (nSPS) is 15.2. The maximum atomic E-state index is 13.1.